The van der Waals surface area contributed by atoms with Crippen LogP contribution >= 0.6 is 0 Å². The average Bonchev–Trinajstić information content (AvgIpc) is 2.64. The summed E-state index contributed by atoms with van der Waals surface area (Å²) in [5, 5.41) is 1.31. The summed E-state index contributed by atoms with van der Waals surface area (Å²) in [6.07, 6.45) is 2.66. The van der Waals surface area contributed by atoms with Gasteiger partial charge in [-0.1, -0.05) is 31.5 Å². The third-order valence-corrected chi connectivity index (χ3v) is 5.95. The van der Waals surface area contributed by atoms with Crippen LogP contribution in [0.2, 0.25) is 0 Å². The van der Waals surface area contributed by atoms with Gasteiger partial charge >= 0.3 is 0 Å². The van der Waals surface area contributed by atoms with E-state index in [-0.39, 0.29) is 15.7 Å². The number of amides is 1. The van der Waals surface area contributed by atoms with Gasteiger partial charge in [0.1, 0.15) is 0 Å². The summed E-state index contributed by atoms with van der Waals surface area (Å²) in [5.74, 6) is -0.0951. The van der Waals surface area contributed by atoms with Crippen molar-refractivity contribution in [2.75, 3.05) is 11.7 Å². The first-order chi connectivity index (χ1) is 12.0. The van der Waals surface area contributed by atoms with Crippen LogP contribution in [0, 0.1) is 0 Å². The summed E-state index contributed by atoms with van der Waals surface area (Å²) < 4.78 is 25.5. The van der Waals surface area contributed by atoms with Crippen LogP contribution in [0.3, 0.4) is 0 Å². The number of nitrogens with zero attached hydrogens (tertiary/aromatic N) is 1. The van der Waals surface area contributed by atoms with E-state index in [0.717, 1.165) is 18.4 Å². The molecule has 1 amide bonds. The van der Waals surface area contributed by atoms with E-state index in [1.165, 1.54) is 11.1 Å². The topological polar surface area (TPSA) is 63.7 Å². The largest absolute Gasteiger partial charge is 0.272 e. The minimum Gasteiger partial charge on any atom is -0.272 e. The number of unbranched alkanes of at least 4 members (excludes halogenated alkanes) is 1. The van der Waals surface area contributed by atoms with E-state index >= 15 is 0 Å². The molecule has 0 fully saturated rings. The van der Waals surface area contributed by atoms with Crippen LogP contribution in [0.5, 0.6) is 0 Å². The summed E-state index contributed by atoms with van der Waals surface area (Å²) in [4.78, 5) is 18.2. The second kappa shape index (κ2) is 7.37. The van der Waals surface area contributed by atoms with Crippen molar-refractivity contribution < 1.29 is 18.0 Å². The number of carbonyl (C=O) groups is 1. The summed E-state index contributed by atoms with van der Waals surface area (Å²) in [5.41, 5.74) is 1.45. The van der Waals surface area contributed by atoms with Crippen LogP contribution in [-0.2, 0) is 25.9 Å². The van der Waals surface area contributed by atoms with Crippen LogP contribution in [0.4, 0.5) is 5.69 Å². The molecule has 0 saturated heterocycles. The number of hydrogen-bond acceptors (Lipinski definition) is 4. The van der Waals surface area contributed by atoms with Gasteiger partial charge in [-0.25, -0.2) is 8.42 Å². The lowest BCUT2D eigenvalue weighted by molar-refractivity contribution is -0.126. The smallest absolute Gasteiger partial charge is 0.251 e. The van der Waals surface area contributed by atoms with Gasteiger partial charge in [0, 0.05) is 6.42 Å². The molecule has 6 heteroatoms. The van der Waals surface area contributed by atoms with Crippen molar-refractivity contribution in [3.8, 4) is 0 Å². The van der Waals surface area contributed by atoms with Crippen molar-refractivity contribution in [3.63, 3.8) is 0 Å². The van der Waals surface area contributed by atoms with E-state index in [0.29, 0.717) is 25.1 Å². The number of sulfone groups is 1. The number of benzene rings is 2. The van der Waals surface area contributed by atoms with Gasteiger partial charge in [0.15, 0.2) is 0 Å². The Morgan fingerprint density at radius 1 is 1.04 bits per heavy atom. The highest BCUT2D eigenvalue weighted by Crippen LogP contribution is 2.32. The fourth-order valence-electron chi connectivity index (χ4n) is 2.78. The van der Waals surface area contributed by atoms with Crippen molar-refractivity contribution in [2.24, 2.45) is 0 Å². The van der Waals surface area contributed by atoms with Crippen molar-refractivity contribution in [1.82, 2.24) is 0 Å². The SMILES string of the molecule is CCCCON1C(=O)CCc2cc(S(=O)(=O)c3ccccc3)ccc21. The molecule has 0 N–H and O–H groups in total. The summed E-state index contributed by atoms with van der Waals surface area (Å²) in [7, 11) is -3.57. The molecule has 1 aliphatic heterocycles. The lowest BCUT2D eigenvalue weighted by atomic mass is 10.0. The normalized spacial score (nSPS) is 14.4. The predicted octanol–water partition coefficient (Wildman–Crippen LogP) is 3.53. The van der Waals surface area contributed by atoms with Gasteiger partial charge in [0.05, 0.1) is 22.1 Å². The Labute approximate surface area is 148 Å². The number of carbonyl (C=O) groups excluding carboxylic acids is 1. The first-order valence-corrected chi connectivity index (χ1v) is 9.91. The maximum atomic E-state index is 12.8. The highest BCUT2D eigenvalue weighted by molar-refractivity contribution is 7.91. The van der Waals surface area contributed by atoms with E-state index in [2.05, 4.69) is 6.92 Å². The predicted molar refractivity (Wildman–Crippen MR) is 95.0 cm³/mol. The molecular weight excluding hydrogens is 338 g/mol. The van der Waals surface area contributed by atoms with E-state index in [4.69, 9.17) is 4.84 Å². The number of fused-ring (bicyclic) bond motifs is 1. The monoisotopic (exact) mass is 359 g/mol. The molecule has 1 heterocycles. The molecule has 0 radical (unpaired) electrons. The highest BCUT2D eigenvalue weighted by atomic mass is 32.2. The zero-order valence-electron chi connectivity index (χ0n) is 14.1. The van der Waals surface area contributed by atoms with Crippen molar-refractivity contribution >= 4 is 21.4 Å². The Balaban J connectivity index is 1.93. The molecular formula is C19H21NO4S. The fourth-order valence-corrected chi connectivity index (χ4v) is 4.11. The second-order valence-corrected chi connectivity index (χ2v) is 7.93. The van der Waals surface area contributed by atoms with Gasteiger partial charge in [0.2, 0.25) is 9.84 Å². The Morgan fingerprint density at radius 2 is 1.80 bits per heavy atom. The van der Waals surface area contributed by atoms with Gasteiger partial charge in [-0.15, -0.1) is 0 Å². The van der Waals surface area contributed by atoms with Crippen LogP contribution in [0.15, 0.2) is 58.3 Å². The van der Waals surface area contributed by atoms with E-state index in [1.807, 2.05) is 0 Å². The first kappa shape index (κ1) is 17.6. The number of rotatable bonds is 6. The van der Waals surface area contributed by atoms with Crippen LogP contribution in [-0.4, -0.2) is 20.9 Å². The van der Waals surface area contributed by atoms with E-state index in [1.54, 1.807) is 42.5 Å². The molecule has 1 aliphatic rings. The molecule has 2 aromatic rings. The van der Waals surface area contributed by atoms with E-state index in [9.17, 15) is 13.2 Å². The minimum absolute atomic E-state index is 0.0951. The van der Waals surface area contributed by atoms with Crippen molar-refractivity contribution in [2.45, 2.75) is 42.4 Å². The zero-order valence-corrected chi connectivity index (χ0v) is 15.0. The fraction of sp³-hybridized carbons (Fsp3) is 0.316. The lowest BCUT2D eigenvalue weighted by Crippen LogP contribution is -2.35. The molecule has 0 aliphatic carbocycles. The third-order valence-electron chi connectivity index (χ3n) is 4.19. The molecule has 5 nitrogen and oxygen atoms in total. The Bertz CT molecular complexity index is 862. The van der Waals surface area contributed by atoms with Gasteiger partial charge in [-0.05, 0) is 48.7 Å². The zero-order chi connectivity index (χ0) is 17.9. The quantitative estimate of drug-likeness (QED) is 0.740. The molecule has 0 unspecified atom stereocenters. The standard InChI is InChI=1S/C19H21NO4S/c1-2-3-13-24-20-18-11-10-17(14-15(18)9-12-19(20)21)25(22,23)16-7-5-4-6-8-16/h4-8,10-11,14H,2-3,9,12-13H2,1H3. The summed E-state index contributed by atoms with van der Waals surface area (Å²) >= 11 is 0. The second-order valence-electron chi connectivity index (χ2n) is 5.98. The maximum absolute atomic E-state index is 12.8. The van der Waals surface area contributed by atoms with Gasteiger partial charge < -0.3 is 0 Å². The molecule has 0 saturated carbocycles. The van der Waals surface area contributed by atoms with Crippen LogP contribution < -0.4 is 5.06 Å². The number of aryl methyl sites for hydroxylation is 1. The average molecular weight is 359 g/mol. The maximum Gasteiger partial charge on any atom is 0.251 e. The summed E-state index contributed by atoms with van der Waals surface area (Å²) in [6, 6.07) is 13.2. The van der Waals surface area contributed by atoms with Crippen LogP contribution in [0.25, 0.3) is 0 Å². The molecule has 0 bridgehead atoms. The lowest BCUT2D eigenvalue weighted by Gasteiger charge is -2.28. The highest BCUT2D eigenvalue weighted by Gasteiger charge is 2.27. The molecule has 2 aromatic carbocycles. The minimum atomic E-state index is -3.57. The molecule has 25 heavy (non-hydrogen) atoms. The number of hydrogen-bond donors (Lipinski definition) is 0. The molecule has 0 aromatic heterocycles. The molecule has 0 spiro atoms. The van der Waals surface area contributed by atoms with Crippen LogP contribution in [0.1, 0.15) is 31.7 Å². The molecule has 0 atom stereocenters. The molecule has 132 valence electrons. The van der Waals surface area contributed by atoms with Crippen molar-refractivity contribution in [1.29, 1.82) is 0 Å². The first-order valence-electron chi connectivity index (χ1n) is 8.43. The van der Waals surface area contributed by atoms with Crippen molar-refractivity contribution in [3.05, 3.63) is 54.1 Å². The summed E-state index contributed by atoms with van der Waals surface area (Å²) in [6.45, 7) is 2.52. The number of anilines is 1. The Kier molecular flexibility index (Phi) is 5.20. The van der Waals surface area contributed by atoms with E-state index < -0.39 is 9.84 Å². The Morgan fingerprint density at radius 3 is 2.52 bits per heavy atom. The third kappa shape index (κ3) is 3.60. The molecule has 3 rings (SSSR count). The Hall–Kier alpha value is -2.18. The van der Waals surface area contributed by atoms with Gasteiger partial charge in [-0.2, -0.15) is 5.06 Å². The van der Waals surface area contributed by atoms with Gasteiger partial charge in [0.25, 0.3) is 5.91 Å². The van der Waals surface area contributed by atoms with Gasteiger partial charge in [-0.3, -0.25) is 9.63 Å². The number of hydroxylamine groups is 1.